The highest BCUT2D eigenvalue weighted by Gasteiger charge is 2.16. The van der Waals surface area contributed by atoms with Crippen molar-refractivity contribution < 1.29 is 14.3 Å². The summed E-state index contributed by atoms with van der Waals surface area (Å²) in [5, 5.41) is 6.72. The van der Waals surface area contributed by atoms with E-state index in [1.54, 1.807) is 43.6 Å². The van der Waals surface area contributed by atoms with Crippen LogP contribution in [0.3, 0.4) is 0 Å². The third-order valence-corrected chi connectivity index (χ3v) is 3.27. The van der Waals surface area contributed by atoms with Gasteiger partial charge in [0.1, 0.15) is 5.75 Å². The first kappa shape index (κ1) is 17.4. The Labute approximate surface area is 143 Å². The number of pyridine rings is 1. The molecule has 2 aromatic rings. The number of nitrogens with one attached hydrogen (secondary N) is 2. The van der Waals surface area contributed by atoms with Gasteiger partial charge in [-0.05, 0) is 37.3 Å². The number of aromatic nitrogens is 1. The zero-order valence-corrected chi connectivity index (χ0v) is 13.8. The van der Waals surface area contributed by atoms with E-state index in [2.05, 4.69) is 20.8 Å². The average molecular weight is 347 g/mol. The van der Waals surface area contributed by atoms with Crippen LogP contribution in [0.25, 0.3) is 0 Å². The van der Waals surface area contributed by atoms with Gasteiger partial charge < -0.3 is 10.1 Å². The van der Waals surface area contributed by atoms with Crippen LogP contribution in [0.1, 0.15) is 12.5 Å². The van der Waals surface area contributed by atoms with Gasteiger partial charge in [-0.1, -0.05) is 11.6 Å². The molecule has 0 atom stereocenters. The number of benzene rings is 1. The highest BCUT2D eigenvalue weighted by molar-refractivity contribution is 6.40. The van der Waals surface area contributed by atoms with Gasteiger partial charge in [0.2, 0.25) is 0 Å². The maximum absolute atomic E-state index is 11.9. The minimum absolute atomic E-state index is 0.292. The number of hydrazone groups is 1. The Morgan fingerprint density at radius 3 is 2.54 bits per heavy atom. The molecule has 0 unspecified atom stereocenters. The molecule has 1 heterocycles. The lowest BCUT2D eigenvalue weighted by molar-refractivity contribution is -0.136. The number of methoxy groups -OCH3 is 1. The molecule has 0 aliphatic carbocycles. The minimum atomic E-state index is -0.912. The molecule has 124 valence electrons. The van der Waals surface area contributed by atoms with Gasteiger partial charge in [-0.25, -0.2) is 5.43 Å². The Kier molecular flexibility index (Phi) is 5.86. The first-order valence-electron chi connectivity index (χ1n) is 6.91. The number of ether oxygens (including phenoxy) is 1. The van der Waals surface area contributed by atoms with Crippen molar-refractivity contribution in [2.75, 3.05) is 12.4 Å². The summed E-state index contributed by atoms with van der Waals surface area (Å²) in [5.41, 5.74) is 3.81. The fourth-order valence-corrected chi connectivity index (χ4v) is 1.97. The van der Waals surface area contributed by atoms with Gasteiger partial charge in [-0.15, -0.1) is 0 Å². The number of rotatable bonds is 4. The summed E-state index contributed by atoms with van der Waals surface area (Å²) in [6.07, 6.45) is 3.21. The fraction of sp³-hybridized carbons (Fsp3) is 0.125. The summed E-state index contributed by atoms with van der Waals surface area (Å²) in [5.74, 6) is -1.41. The number of amides is 2. The molecule has 2 N–H and O–H groups in total. The van der Waals surface area contributed by atoms with Gasteiger partial charge in [0.15, 0.2) is 0 Å². The normalized spacial score (nSPS) is 10.9. The third kappa shape index (κ3) is 4.53. The molecule has 24 heavy (non-hydrogen) atoms. The smallest absolute Gasteiger partial charge is 0.329 e. The molecule has 1 aromatic heterocycles. The number of carbonyl (C=O) groups excluding carboxylic acids is 2. The molecular formula is C16H15ClN4O3. The molecule has 0 fully saturated rings. The summed E-state index contributed by atoms with van der Waals surface area (Å²) < 4.78 is 5.10. The van der Waals surface area contributed by atoms with Crippen LogP contribution in [0.2, 0.25) is 5.02 Å². The first-order valence-corrected chi connectivity index (χ1v) is 7.28. The third-order valence-electron chi connectivity index (χ3n) is 3.04. The fourth-order valence-electron chi connectivity index (χ4n) is 1.80. The van der Waals surface area contributed by atoms with E-state index in [1.807, 2.05) is 0 Å². The van der Waals surface area contributed by atoms with E-state index in [0.29, 0.717) is 22.2 Å². The maximum atomic E-state index is 11.9. The molecule has 8 heteroatoms. The molecular weight excluding hydrogens is 332 g/mol. The lowest BCUT2D eigenvalue weighted by Crippen LogP contribution is -2.33. The van der Waals surface area contributed by atoms with Crippen molar-refractivity contribution in [2.45, 2.75) is 6.92 Å². The molecule has 0 aliphatic heterocycles. The van der Waals surface area contributed by atoms with Crippen molar-refractivity contribution in [1.29, 1.82) is 0 Å². The van der Waals surface area contributed by atoms with Crippen LogP contribution in [0, 0.1) is 0 Å². The topological polar surface area (TPSA) is 92.7 Å². The first-order chi connectivity index (χ1) is 11.5. The van der Waals surface area contributed by atoms with Gasteiger partial charge in [0.05, 0.1) is 18.5 Å². The maximum Gasteiger partial charge on any atom is 0.329 e. The molecule has 0 spiro atoms. The number of nitrogens with zero attached hydrogens (tertiary/aromatic N) is 2. The van der Waals surface area contributed by atoms with Gasteiger partial charge in [-0.3, -0.25) is 14.6 Å². The van der Waals surface area contributed by atoms with Crippen molar-refractivity contribution >= 4 is 34.8 Å². The van der Waals surface area contributed by atoms with Crippen molar-refractivity contribution in [3.63, 3.8) is 0 Å². The predicted octanol–water partition coefficient (Wildman–Crippen LogP) is 2.22. The summed E-state index contributed by atoms with van der Waals surface area (Å²) in [4.78, 5) is 27.7. The number of carbonyl (C=O) groups is 2. The Balaban J connectivity index is 2.03. The van der Waals surface area contributed by atoms with E-state index in [1.165, 1.54) is 13.2 Å². The van der Waals surface area contributed by atoms with E-state index in [4.69, 9.17) is 16.3 Å². The molecule has 7 nitrogen and oxygen atoms in total. The number of hydrogen-bond donors (Lipinski definition) is 2. The lowest BCUT2D eigenvalue weighted by atomic mass is 10.2. The van der Waals surface area contributed by atoms with Crippen LogP contribution in [0.15, 0.2) is 47.8 Å². The highest BCUT2D eigenvalue weighted by Crippen LogP contribution is 2.27. The quantitative estimate of drug-likeness (QED) is 0.504. The monoisotopic (exact) mass is 346 g/mol. The molecule has 1 aromatic carbocycles. The SMILES string of the molecule is COc1ccc(Cl)cc1NC(=O)C(=O)N/N=C(\C)c1ccncc1. The van der Waals surface area contributed by atoms with Crippen molar-refractivity contribution in [3.8, 4) is 5.75 Å². The van der Waals surface area contributed by atoms with Crippen molar-refractivity contribution in [1.82, 2.24) is 10.4 Å². The van der Waals surface area contributed by atoms with Crippen LogP contribution in [-0.4, -0.2) is 29.6 Å². The van der Waals surface area contributed by atoms with Crippen LogP contribution >= 0.6 is 11.6 Å². The standard InChI is InChI=1S/C16H15ClN4O3/c1-10(11-5-7-18-8-6-11)20-21-16(23)15(22)19-13-9-12(17)3-4-14(13)24-2/h3-9H,1-2H3,(H,19,22)(H,21,23)/b20-10+. The Bertz CT molecular complexity index is 778. The van der Waals surface area contributed by atoms with E-state index >= 15 is 0 Å². The van der Waals surface area contributed by atoms with Gasteiger partial charge in [-0.2, -0.15) is 5.10 Å². The Morgan fingerprint density at radius 2 is 1.88 bits per heavy atom. The van der Waals surface area contributed by atoms with E-state index in [9.17, 15) is 9.59 Å². The molecule has 0 aliphatic rings. The Hall–Kier alpha value is -2.93. The minimum Gasteiger partial charge on any atom is -0.495 e. The zero-order valence-electron chi connectivity index (χ0n) is 13.0. The predicted molar refractivity (Wildman–Crippen MR) is 91.2 cm³/mol. The summed E-state index contributed by atoms with van der Waals surface area (Å²) in [6, 6.07) is 8.15. The van der Waals surface area contributed by atoms with Crippen molar-refractivity contribution in [2.24, 2.45) is 5.10 Å². The second-order valence-corrected chi connectivity index (χ2v) is 5.11. The molecule has 2 rings (SSSR count). The number of hydrogen-bond acceptors (Lipinski definition) is 5. The highest BCUT2D eigenvalue weighted by atomic mass is 35.5. The summed E-state index contributed by atoms with van der Waals surface area (Å²) in [7, 11) is 1.45. The van der Waals surface area contributed by atoms with E-state index in [0.717, 1.165) is 5.56 Å². The largest absolute Gasteiger partial charge is 0.495 e. The van der Waals surface area contributed by atoms with E-state index in [-0.39, 0.29) is 0 Å². The van der Waals surface area contributed by atoms with Gasteiger partial charge in [0.25, 0.3) is 0 Å². The molecule has 0 bridgehead atoms. The second kappa shape index (κ2) is 8.07. The van der Waals surface area contributed by atoms with E-state index < -0.39 is 11.8 Å². The number of anilines is 1. The average Bonchev–Trinajstić information content (AvgIpc) is 2.60. The number of halogens is 1. The molecule has 0 saturated heterocycles. The van der Waals surface area contributed by atoms with Gasteiger partial charge >= 0.3 is 11.8 Å². The van der Waals surface area contributed by atoms with Crippen LogP contribution in [0.5, 0.6) is 5.75 Å². The molecule has 0 radical (unpaired) electrons. The molecule has 0 saturated carbocycles. The van der Waals surface area contributed by atoms with Gasteiger partial charge in [0, 0.05) is 23.0 Å². The van der Waals surface area contributed by atoms with Crippen LogP contribution < -0.4 is 15.5 Å². The Morgan fingerprint density at radius 1 is 1.17 bits per heavy atom. The van der Waals surface area contributed by atoms with Crippen molar-refractivity contribution in [3.05, 3.63) is 53.3 Å². The van der Waals surface area contributed by atoms with Crippen LogP contribution in [-0.2, 0) is 9.59 Å². The zero-order chi connectivity index (χ0) is 17.5. The summed E-state index contributed by atoms with van der Waals surface area (Å²) >= 11 is 5.87. The lowest BCUT2D eigenvalue weighted by Gasteiger charge is -2.09. The summed E-state index contributed by atoms with van der Waals surface area (Å²) in [6.45, 7) is 1.70. The molecule has 2 amide bonds. The second-order valence-electron chi connectivity index (χ2n) is 4.67. The van der Waals surface area contributed by atoms with Crippen LogP contribution in [0.4, 0.5) is 5.69 Å².